The number of unbranched alkanes of at least 4 members (excludes halogenated alkanes) is 3. The van der Waals surface area contributed by atoms with Crippen molar-refractivity contribution in [2.75, 3.05) is 6.54 Å². The van der Waals surface area contributed by atoms with E-state index in [-0.39, 0.29) is 18.7 Å². The Bertz CT molecular complexity index is 181. The number of carbonyl (C=O) groups is 2. The molecular formula is C10H20N2O2. The van der Waals surface area contributed by atoms with Gasteiger partial charge in [-0.1, -0.05) is 26.2 Å². The maximum atomic E-state index is 11.1. The highest BCUT2D eigenvalue weighted by Crippen LogP contribution is 1.97. The van der Waals surface area contributed by atoms with Gasteiger partial charge in [-0.2, -0.15) is 0 Å². The summed E-state index contributed by atoms with van der Waals surface area (Å²) < 4.78 is 0. The average molecular weight is 200 g/mol. The van der Waals surface area contributed by atoms with Gasteiger partial charge in [0.05, 0.1) is 0 Å². The molecule has 0 unspecified atom stereocenters. The SMILES string of the molecule is CCCCCCNC(=O)CCC(N)=O. The van der Waals surface area contributed by atoms with Crippen molar-refractivity contribution in [1.29, 1.82) is 0 Å². The normalized spacial score (nSPS) is 9.79. The lowest BCUT2D eigenvalue weighted by Crippen LogP contribution is -2.25. The van der Waals surface area contributed by atoms with Crippen LogP contribution in [0.2, 0.25) is 0 Å². The molecule has 0 aromatic carbocycles. The van der Waals surface area contributed by atoms with Crippen LogP contribution in [0.4, 0.5) is 0 Å². The van der Waals surface area contributed by atoms with Crippen LogP contribution in [0.25, 0.3) is 0 Å². The van der Waals surface area contributed by atoms with Crippen LogP contribution in [0.3, 0.4) is 0 Å². The molecule has 0 aromatic rings. The van der Waals surface area contributed by atoms with Crippen molar-refractivity contribution in [3.63, 3.8) is 0 Å². The van der Waals surface area contributed by atoms with E-state index in [0.717, 1.165) is 12.8 Å². The minimum Gasteiger partial charge on any atom is -0.370 e. The van der Waals surface area contributed by atoms with E-state index in [9.17, 15) is 9.59 Å². The maximum absolute atomic E-state index is 11.1. The number of nitrogens with two attached hydrogens (primary N) is 1. The van der Waals surface area contributed by atoms with Crippen molar-refractivity contribution in [1.82, 2.24) is 5.32 Å². The molecule has 0 spiro atoms. The zero-order chi connectivity index (χ0) is 10.8. The number of rotatable bonds is 8. The van der Waals surface area contributed by atoms with E-state index in [1.165, 1.54) is 12.8 Å². The zero-order valence-corrected chi connectivity index (χ0v) is 8.84. The summed E-state index contributed by atoms with van der Waals surface area (Å²) in [7, 11) is 0. The van der Waals surface area contributed by atoms with Crippen molar-refractivity contribution >= 4 is 11.8 Å². The van der Waals surface area contributed by atoms with Crippen LogP contribution in [-0.2, 0) is 9.59 Å². The van der Waals surface area contributed by atoms with Crippen molar-refractivity contribution < 1.29 is 9.59 Å². The third kappa shape index (κ3) is 9.03. The van der Waals surface area contributed by atoms with Crippen LogP contribution in [0.5, 0.6) is 0 Å². The second-order valence-corrected chi connectivity index (χ2v) is 3.38. The third-order valence-electron chi connectivity index (χ3n) is 1.95. The van der Waals surface area contributed by atoms with Crippen molar-refractivity contribution in [3.8, 4) is 0 Å². The van der Waals surface area contributed by atoms with Gasteiger partial charge in [0.15, 0.2) is 0 Å². The predicted molar refractivity (Wildman–Crippen MR) is 55.6 cm³/mol. The minimum atomic E-state index is -0.425. The summed E-state index contributed by atoms with van der Waals surface area (Å²) in [6, 6.07) is 0. The van der Waals surface area contributed by atoms with E-state index in [4.69, 9.17) is 5.73 Å². The Morgan fingerprint density at radius 1 is 1.14 bits per heavy atom. The maximum Gasteiger partial charge on any atom is 0.220 e. The van der Waals surface area contributed by atoms with Gasteiger partial charge in [-0.15, -0.1) is 0 Å². The van der Waals surface area contributed by atoms with Crippen LogP contribution in [-0.4, -0.2) is 18.4 Å². The van der Waals surface area contributed by atoms with E-state index in [2.05, 4.69) is 12.2 Å². The van der Waals surface area contributed by atoms with Gasteiger partial charge in [-0.3, -0.25) is 9.59 Å². The molecule has 14 heavy (non-hydrogen) atoms. The Labute approximate surface area is 85.2 Å². The summed E-state index contributed by atoms with van der Waals surface area (Å²) in [6.45, 7) is 2.85. The molecule has 4 nitrogen and oxygen atoms in total. The number of amides is 2. The molecule has 0 saturated carbocycles. The summed E-state index contributed by atoms with van der Waals surface area (Å²) in [4.78, 5) is 21.4. The van der Waals surface area contributed by atoms with Gasteiger partial charge in [0.1, 0.15) is 0 Å². The predicted octanol–water partition coefficient (Wildman–Crippen LogP) is 0.948. The molecule has 0 atom stereocenters. The van der Waals surface area contributed by atoms with Gasteiger partial charge in [0.2, 0.25) is 11.8 Å². The molecule has 3 N–H and O–H groups in total. The lowest BCUT2D eigenvalue weighted by Gasteiger charge is -2.03. The molecule has 0 rings (SSSR count). The van der Waals surface area contributed by atoms with Crippen molar-refractivity contribution in [2.24, 2.45) is 5.73 Å². The van der Waals surface area contributed by atoms with E-state index in [1.54, 1.807) is 0 Å². The highest BCUT2D eigenvalue weighted by atomic mass is 16.2. The molecule has 0 bridgehead atoms. The third-order valence-corrected chi connectivity index (χ3v) is 1.95. The number of nitrogens with one attached hydrogen (secondary N) is 1. The van der Waals surface area contributed by atoms with E-state index < -0.39 is 5.91 Å². The Morgan fingerprint density at radius 3 is 2.43 bits per heavy atom. The number of primary amides is 1. The summed E-state index contributed by atoms with van der Waals surface area (Å²) in [5.41, 5.74) is 4.92. The molecule has 0 radical (unpaired) electrons. The molecule has 82 valence electrons. The Balaban J connectivity index is 3.22. The van der Waals surface area contributed by atoms with Crippen LogP contribution < -0.4 is 11.1 Å². The molecule has 0 aliphatic carbocycles. The van der Waals surface area contributed by atoms with E-state index >= 15 is 0 Å². The molecule has 4 heteroatoms. The average Bonchev–Trinajstić information content (AvgIpc) is 2.14. The van der Waals surface area contributed by atoms with Crippen LogP contribution in [0.15, 0.2) is 0 Å². The quantitative estimate of drug-likeness (QED) is 0.572. The largest absolute Gasteiger partial charge is 0.370 e. The van der Waals surface area contributed by atoms with Crippen molar-refractivity contribution in [3.05, 3.63) is 0 Å². The number of hydrogen-bond acceptors (Lipinski definition) is 2. The van der Waals surface area contributed by atoms with E-state index in [1.807, 2.05) is 0 Å². The van der Waals surface area contributed by atoms with Crippen LogP contribution >= 0.6 is 0 Å². The van der Waals surface area contributed by atoms with Crippen molar-refractivity contribution in [2.45, 2.75) is 45.4 Å². The topological polar surface area (TPSA) is 72.2 Å². The lowest BCUT2D eigenvalue weighted by atomic mass is 10.2. The molecule has 0 heterocycles. The fraction of sp³-hybridized carbons (Fsp3) is 0.800. The smallest absolute Gasteiger partial charge is 0.220 e. The van der Waals surface area contributed by atoms with Gasteiger partial charge in [-0.05, 0) is 6.42 Å². The summed E-state index contributed by atoms with van der Waals surface area (Å²) in [5.74, 6) is -0.508. The number of hydrogen-bond donors (Lipinski definition) is 2. The van der Waals surface area contributed by atoms with E-state index in [0.29, 0.717) is 6.54 Å². The molecule has 0 saturated heterocycles. The second-order valence-electron chi connectivity index (χ2n) is 3.38. The highest BCUT2D eigenvalue weighted by molar-refractivity contribution is 5.82. The second kappa shape index (κ2) is 8.53. The highest BCUT2D eigenvalue weighted by Gasteiger charge is 2.02. The van der Waals surface area contributed by atoms with Gasteiger partial charge >= 0.3 is 0 Å². The molecule has 0 aliphatic heterocycles. The minimum absolute atomic E-state index is 0.0831. The Hall–Kier alpha value is -1.06. The summed E-state index contributed by atoms with van der Waals surface area (Å²) in [5, 5.41) is 2.75. The lowest BCUT2D eigenvalue weighted by molar-refractivity contribution is -0.125. The number of carbonyl (C=O) groups excluding carboxylic acids is 2. The Morgan fingerprint density at radius 2 is 1.86 bits per heavy atom. The molecule has 0 fully saturated rings. The fourth-order valence-corrected chi connectivity index (χ4v) is 1.10. The summed E-state index contributed by atoms with van der Waals surface area (Å²) >= 11 is 0. The van der Waals surface area contributed by atoms with Gasteiger partial charge in [0.25, 0.3) is 0 Å². The Kier molecular flexibility index (Phi) is 7.89. The monoisotopic (exact) mass is 200 g/mol. The van der Waals surface area contributed by atoms with Gasteiger partial charge in [0, 0.05) is 19.4 Å². The van der Waals surface area contributed by atoms with Crippen LogP contribution in [0, 0.1) is 0 Å². The molecular weight excluding hydrogens is 180 g/mol. The first-order valence-corrected chi connectivity index (χ1v) is 5.21. The van der Waals surface area contributed by atoms with Gasteiger partial charge in [-0.25, -0.2) is 0 Å². The molecule has 2 amide bonds. The fourth-order valence-electron chi connectivity index (χ4n) is 1.10. The standard InChI is InChI=1S/C10H20N2O2/c1-2-3-4-5-8-12-10(14)7-6-9(11)13/h2-8H2,1H3,(H2,11,13)(H,12,14). The van der Waals surface area contributed by atoms with Gasteiger partial charge < -0.3 is 11.1 Å². The molecule has 0 aliphatic rings. The first kappa shape index (κ1) is 12.9. The van der Waals surface area contributed by atoms with Crippen LogP contribution in [0.1, 0.15) is 45.4 Å². The summed E-state index contributed by atoms with van der Waals surface area (Å²) in [6.07, 6.45) is 4.90. The molecule has 0 aromatic heterocycles. The first-order valence-electron chi connectivity index (χ1n) is 5.21. The zero-order valence-electron chi connectivity index (χ0n) is 8.84. The first-order chi connectivity index (χ1) is 6.66.